The third-order valence-electron chi connectivity index (χ3n) is 4.72. The van der Waals surface area contributed by atoms with Crippen LogP contribution in [0.5, 0.6) is 5.75 Å². The lowest BCUT2D eigenvalue weighted by atomic mass is 10.0. The summed E-state index contributed by atoms with van der Waals surface area (Å²) in [5.41, 5.74) is 1.07. The Labute approximate surface area is 186 Å². The topological polar surface area (TPSA) is 107 Å². The monoisotopic (exact) mass is 438 g/mol. The summed E-state index contributed by atoms with van der Waals surface area (Å²) in [6.45, 7) is 9.43. The lowest BCUT2D eigenvalue weighted by Crippen LogP contribution is -2.45. The van der Waals surface area contributed by atoms with Gasteiger partial charge in [0.05, 0.1) is 16.5 Å². The van der Waals surface area contributed by atoms with Crippen LogP contribution in [-0.4, -0.2) is 40.1 Å². The molecule has 0 saturated carbocycles. The first-order valence-electron chi connectivity index (χ1n) is 10.2. The molecular weight excluding hydrogens is 412 g/mol. The van der Waals surface area contributed by atoms with Gasteiger partial charge in [-0.05, 0) is 57.0 Å². The van der Waals surface area contributed by atoms with Gasteiger partial charge in [0, 0.05) is 24.2 Å². The Morgan fingerprint density at radius 3 is 2.28 bits per heavy atom. The first kappa shape index (κ1) is 24.5. The third kappa shape index (κ3) is 6.34. The molecule has 0 heterocycles. The number of benzene rings is 2. The molecule has 0 bridgehead atoms. The normalized spacial score (nSPS) is 11.3. The maximum absolute atomic E-state index is 13.2. The van der Waals surface area contributed by atoms with E-state index < -0.39 is 16.9 Å². The maximum Gasteiger partial charge on any atom is 0.343 e. The summed E-state index contributed by atoms with van der Waals surface area (Å²) in [6.07, 6.45) is 1.04. The average Bonchev–Trinajstić information content (AvgIpc) is 2.75. The minimum Gasteiger partial charge on any atom is -0.423 e. The Hall–Kier alpha value is -3.81. The number of non-ortho nitro benzene ring substituents is 1. The van der Waals surface area contributed by atoms with Crippen molar-refractivity contribution in [2.45, 2.75) is 39.7 Å². The predicted molar refractivity (Wildman–Crippen MR) is 120 cm³/mol. The van der Waals surface area contributed by atoms with E-state index in [4.69, 9.17) is 4.74 Å². The van der Waals surface area contributed by atoms with Gasteiger partial charge in [-0.2, -0.15) is 0 Å². The Kier molecular flexibility index (Phi) is 8.40. The summed E-state index contributed by atoms with van der Waals surface area (Å²) in [6, 6.07) is 10.5. The van der Waals surface area contributed by atoms with E-state index in [1.807, 2.05) is 13.8 Å². The molecule has 0 N–H and O–H groups in total. The van der Waals surface area contributed by atoms with Crippen LogP contribution in [0.2, 0.25) is 0 Å². The van der Waals surface area contributed by atoms with Crippen LogP contribution < -0.4 is 4.74 Å². The van der Waals surface area contributed by atoms with Crippen LogP contribution in [0.15, 0.2) is 60.7 Å². The fourth-order valence-electron chi connectivity index (χ4n) is 3.19. The second-order valence-electron chi connectivity index (χ2n) is 7.51. The number of carbonyl (C=O) groups is 3. The molecule has 0 radical (unpaired) electrons. The van der Waals surface area contributed by atoms with Crippen LogP contribution in [0.4, 0.5) is 5.69 Å². The lowest BCUT2D eigenvalue weighted by molar-refractivity contribution is -0.384. The van der Waals surface area contributed by atoms with Crippen molar-refractivity contribution in [3.8, 4) is 5.75 Å². The van der Waals surface area contributed by atoms with Crippen LogP contribution in [-0.2, 0) is 4.79 Å². The summed E-state index contributed by atoms with van der Waals surface area (Å²) < 4.78 is 5.34. The van der Waals surface area contributed by atoms with E-state index in [9.17, 15) is 24.5 Å². The Morgan fingerprint density at radius 1 is 1.09 bits per heavy atom. The van der Waals surface area contributed by atoms with Gasteiger partial charge >= 0.3 is 5.97 Å². The molecule has 0 spiro atoms. The Morgan fingerprint density at radius 2 is 1.75 bits per heavy atom. The summed E-state index contributed by atoms with van der Waals surface area (Å²) in [7, 11) is 0. The fraction of sp³-hybridized carbons (Fsp3) is 0.292. The number of nitro groups is 1. The van der Waals surface area contributed by atoms with E-state index in [-0.39, 0.29) is 34.3 Å². The van der Waals surface area contributed by atoms with Crippen LogP contribution >= 0.6 is 0 Å². The largest absolute Gasteiger partial charge is 0.423 e. The molecular formula is C24H26N2O6. The van der Waals surface area contributed by atoms with Gasteiger partial charge in [-0.15, -0.1) is 6.58 Å². The summed E-state index contributed by atoms with van der Waals surface area (Å²) in [5.74, 6) is -1.04. The number of ether oxygens (including phenoxy) is 1. The van der Waals surface area contributed by atoms with E-state index in [2.05, 4.69) is 6.58 Å². The van der Waals surface area contributed by atoms with Crippen molar-refractivity contribution in [2.75, 3.05) is 6.54 Å². The van der Waals surface area contributed by atoms with E-state index in [0.29, 0.717) is 19.4 Å². The van der Waals surface area contributed by atoms with Crippen molar-refractivity contribution in [2.24, 2.45) is 0 Å². The molecule has 2 aromatic rings. The predicted octanol–water partition coefficient (Wildman–Crippen LogP) is 4.59. The number of rotatable bonds is 10. The number of nitro benzene ring substituents is 1. The molecule has 8 nitrogen and oxygen atoms in total. The van der Waals surface area contributed by atoms with Gasteiger partial charge < -0.3 is 9.64 Å². The summed E-state index contributed by atoms with van der Waals surface area (Å²) in [4.78, 5) is 49.5. The molecule has 0 fully saturated rings. The van der Waals surface area contributed by atoms with E-state index >= 15 is 0 Å². The lowest BCUT2D eigenvalue weighted by Gasteiger charge is -2.30. The quantitative estimate of drug-likeness (QED) is 0.177. The van der Waals surface area contributed by atoms with Crippen LogP contribution in [0, 0.1) is 10.1 Å². The molecule has 0 aliphatic carbocycles. The molecule has 2 aromatic carbocycles. The zero-order valence-corrected chi connectivity index (χ0v) is 18.4. The molecule has 0 aliphatic rings. The van der Waals surface area contributed by atoms with Gasteiger partial charge in [0.25, 0.3) is 11.6 Å². The first-order valence-corrected chi connectivity index (χ1v) is 10.2. The molecule has 0 saturated heterocycles. The number of ketones is 1. The highest BCUT2D eigenvalue weighted by atomic mass is 16.6. The van der Waals surface area contributed by atoms with E-state index in [1.165, 1.54) is 48.2 Å². The van der Waals surface area contributed by atoms with Crippen molar-refractivity contribution in [3.63, 3.8) is 0 Å². The molecule has 0 aromatic heterocycles. The zero-order chi connectivity index (χ0) is 23.8. The molecule has 32 heavy (non-hydrogen) atoms. The minimum atomic E-state index is -0.709. The van der Waals surface area contributed by atoms with Gasteiger partial charge in [0.2, 0.25) is 0 Å². The third-order valence-corrected chi connectivity index (χ3v) is 4.72. The molecule has 0 aliphatic heterocycles. The molecule has 1 amide bonds. The van der Waals surface area contributed by atoms with Crippen molar-refractivity contribution in [1.82, 2.24) is 4.90 Å². The Bertz CT molecular complexity index is 1030. The summed E-state index contributed by atoms with van der Waals surface area (Å²) >= 11 is 0. The van der Waals surface area contributed by atoms with Gasteiger partial charge in [0.1, 0.15) is 5.75 Å². The van der Waals surface area contributed by atoms with Crippen LogP contribution in [0.25, 0.3) is 0 Å². The number of amides is 1. The van der Waals surface area contributed by atoms with Crippen molar-refractivity contribution in [3.05, 3.63) is 81.9 Å². The fourth-order valence-corrected chi connectivity index (χ4v) is 3.19. The molecule has 1 atom stereocenters. The van der Waals surface area contributed by atoms with Crippen LogP contribution in [0.1, 0.15) is 54.3 Å². The second-order valence-corrected chi connectivity index (χ2v) is 7.51. The highest BCUT2D eigenvalue weighted by Gasteiger charge is 2.28. The highest BCUT2D eigenvalue weighted by molar-refractivity contribution is 5.98. The Balaban J connectivity index is 2.24. The number of hydrogen-bond acceptors (Lipinski definition) is 6. The van der Waals surface area contributed by atoms with Crippen molar-refractivity contribution < 1.29 is 24.0 Å². The van der Waals surface area contributed by atoms with Gasteiger partial charge in [-0.1, -0.05) is 18.6 Å². The van der Waals surface area contributed by atoms with Crippen molar-refractivity contribution in [1.29, 1.82) is 0 Å². The number of carbonyl (C=O) groups excluding carboxylic acids is 3. The number of Topliss-reactive ketones (excluding diaryl/α,β-unsaturated/α-hetero) is 1. The number of nitrogens with zero attached hydrogens (tertiary/aromatic N) is 2. The van der Waals surface area contributed by atoms with Gasteiger partial charge in [0.15, 0.2) is 5.78 Å². The summed E-state index contributed by atoms with van der Waals surface area (Å²) in [5, 5.41) is 10.8. The number of hydrogen-bond donors (Lipinski definition) is 0. The molecule has 8 heteroatoms. The molecule has 168 valence electrons. The smallest absolute Gasteiger partial charge is 0.343 e. The standard InChI is InChI=1S/C24H26N2O6/c1-5-13-25(22(17(4)27)14-16(2)3)23(28)19-7-6-8-21(15-19)32-24(29)18-9-11-20(12-10-18)26(30)31/h6-12,15,22H,2,5,13-14H2,1,3-4H3/t22-/m0/s1. The molecule has 2 rings (SSSR count). The highest BCUT2D eigenvalue weighted by Crippen LogP contribution is 2.21. The van der Waals surface area contributed by atoms with E-state index in [0.717, 1.165) is 5.57 Å². The molecule has 0 unspecified atom stereocenters. The minimum absolute atomic E-state index is 0.129. The average molecular weight is 438 g/mol. The van der Waals surface area contributed by atoms with Gasteiger partial charge in [-0.25, -0.2) is 4.79 Å². The SMILES string of the molecule is C=C(C)C[C@@H](C(C)=O)N(CCC)C(=O)c1cccc(OC(=O)c2ccc([N+](=O)[O-])cc2)c1. The second kappa shape index (κ2) is 11.0. The van der Waals surface area contributed by atoms with Gasteiger partial charge in [-0.3, -0.25) is 19.7 Å². The maximum atomic E-state index is 13.2. The number of esters is 1. The van der Waals surface area contributed by atoms with Crippen LogP contribution in [0.3, 0.4) is 0 Å². The zero-order valence-electron chi connectivity index (χ0n) is 18.4. The van der Waals surface area contributed by atoms with Crippen molar-refractivity contribution >= 4 is 23.3 Å². The first-order chi connectivity index (χ1) is 15.1. The van der Waals surface area contributed by atoms with E-state index in [1.54, 1.807) is 12.1 Å².